The van der Waals surface area contributed by atoms with E-state index in [4.69, 9.17) is 5.11 Å². The second-order valence-corrected chi connectivity index (χ2v) is 4.82. The molecule has 1 aromatic rings. The molecule has 116 valence electrons. The molecule has 1 atom stereocenters. The molecule has 0 aliphatic carbocycles. The Hall–Kier alpha value is -2.15. The van der Waals surface area contributed by atoms with Gasteiger partial charge in [0.1, 0.15) is 5.69 Å². The van der Waals surface area contributed by atoms with Crippen LogP contribution in [0.4, 0.5) is 11.4 Å². The third-order valence-electron chi connectivity index (χ3n) is 3.54. The first-order valence-corrected chi connectivity index (χ1v) is 6.84. The van der Waals surface area contributed by atoms with Crippen LogP contribution in [0.25, 0.3) is 0 Å². The number of carboxylic acids is 1. The van der Waals surface area contributed by atoms with Crippen molar-refractivity contribution in [1.82, 2.24) is 0 Å². The van der Waals surface area contributed by atoms with Crippen molar-refractivity contribution in [3.8, 4) is 0 Å². The van der Waals surface area contributed by atoms with E-state index in [1.54, 1.807) is 0 Å². The minimum absolute atomic E-state index is 0.120. The zero-order valence-electron chi connectivity index (χ0n) is 12.1. The van der Waals surface area contributed by atoms with Crippen molar-refractivity contribution in [2.45, 2.75) is 32.8 Å². The summed E-state index contributed by atoms with van der Waals surface area (Å²) < 4.78 is 0. The molecule has 7 nitrogen and oxygen atoms in total. The second-order valence-electron chi connectivity index (χ2n) is 4.82. The first-order valence-electron chi connectivity index (χ1n) is 6.84. The highest BCUT2D eigenvalue weighted by atomic mass is 16.6. The number of carboxylic acid groups (broad SMARTS) is 1. The molecule has 0 saturated carbocycles. The van der Waals surface area contributed by atoms with Gasteiger partial charge in [0.25, 0.3) is 5.69 Å². The largest absolute Gasteiger partial charge is 0.478 e. The maximum Gasteiger partial charge on any atom is 0.335 e. The average Bonchev–Trinajstić information content (AvgIpc) is 2.45. The van der Waals surface area contributed by atoms with Crippen molar-refractivity contribution in [3.05, 3.63) is 33.9 Å². The van der Waals surface area contributed by atoms with E-state index in [9.17, 15) is 20.0 Å². The van der Waals surface area contributed by atoms with Crippen molar-refractivity contribution >= 4 is 17.3 Å². The maximum absolute atomic E-state index is 11.0. The Labute approximate surface area is 122 Å². The van der Waals surface area contributed by atoms with E-state index in [0.29, 0.717) is 0 Å². The fourth-order valence-corrected chi connectivity index (χ4v) is 2.18. The minimum Gasteiger partial charge on any atom is -0.478 e. The summed E-state index contributed by atoms with van der Waals surface area (Å²) in [6, 6.07) is 3.65. The predicted molar refractivity (Wildman–Crippen MR) is 78.6 cm³/mol. The van der Waals surface area contributed by atoms with Gasteiger partial charge < -0.3 is 15.5 Å². The highest BCUT2D eigenvalue weighted by Crippen LogP contribution is 2.26. The number of benzene rings is 1. The third-order valence-corrected chi connectivity index (χ3v) is 3.54. The van der Waals surface area contributed by atoms with Gasteiger partial charge >= 0.3 is 5.97 Å². The third kappa shape index (κ3) is 4.42. The molecule has 1 rings (SSSR count). The number of nitro benzene ring substituents is 1. The van der Waals surface area contributed by atoms with Crippen molar-refractivity contribution < 1.29 is 19.9 Å². The number of aromatic carboxylic acids is 1. The van der Waals surface area contributed by atoms with Gasteiger partial charge in [-0.3, -0.25) is 10.1 Å². The lowest BCUT2D eigenvalue weighted by atomic mass is 9.96. The number of nitrogens with zero attached hydrogens (tertiary/aromatic N) is 1. The predicted octanol–water partition coefficient (Wildman–Crippen LogP) is 2.50. The standard InChI is InChI=1S/C14H20N2O5/c1-3-9(4-2)13(17)8-15-11-6-5-10(14(18)19)7-12(11)16(20)21/h5-7,9,13,15,17H,3-4,8H2,1-2H3,(H,18,19). The Kier molecular flexibility index (Phi) is 6.10. The molecule has 0 heterocycles. The quantitative estimate of drug-likeness (QED) is 0.502. The molecule has 0 radical (unpaired) electrons. The van der Waals surface area contributed by atoms with Crippen LogP contribution in [-0.2, 0) is 0 Å². The lowest BCUT2D eigenvalue weighted by molar-refractivity contribution is -0.384. The number of hydrogen-bond donors (Lipinski definition) is 3. The molecule has 0 bridgehead atoms. The molecular formula is C14H20N2O5. The lowest BCUT2D eigenvalue weighted by Crippen LogP contribution is -2.27. The second kappa shape index (κ2) is 7.58. The monoisotopic (exact) mass is 296 g/mol. The van der Waals surface area contributed by atoms with E-state index in [-0.39, 0.29) is 29.4 Å². The van der Waals surface area contributed by atoms with Crippen LogP contribution < -0.4 is 5.32 Å². The van der Waals surface area contributed by atoms with Crippen molar-refractivity contribution in [2.75, 3.05) is 11.9 Å². The Morgan fingerprint density at radius 2 is 2.00 bits per heavy atom. The van der Waals surface area contributed by atoms with Crippen LogP contribution in [0.1, 0.15) is 37.0 Å². The average molecular weight is 296 g/mol. The van der Waals surface area contributed by atoms with Gasteiger partial charge in [-0.15, -0.1) is 0 Å². The van der Waals surface area contributed by atoms with Crippen molar-refractivity contribution in [1.29, 1.82) is 0 Å². The van der Waals surface area contributed by atoms with Crippen LogP contribution in [0.5, 0.6) is 0 Å². The summed E-state index contributed by atoms with van der Waals surface area (Å²) in [4.78, 5) is 21.2. The molecule has 1 aromatic carbocycles. The topological polar surface area (TPSA) is 113 Å². The van der Waals surface area contributed by atoms with Gasteiger partial charge in [-0.2, -0.15) is 0 Å². The Balaban J connectivity index is 2.88. The fourth-order valence-electron chi connectivity index (χ4n) is 2.18. The maximum atomic E-state index is 11.0. The zero-order valence-corrected chi connectivity index (χ0v) is 12.1. The molecule has 0 saturated heterocycles. The fraction of sp³-hybridized carbons (Fsp3) is 0.500. The van der Waals surface area contributed by atoms with Gasteiger partial charge in [0.2, 0.25) is 0 Å². The normalized spacial score (nSPS) is 12.2. The number of carbonyl (C=O) groups is 1. The molecule has 0 aromatic heterocycles. The number of hydrogen-bond acceptors (Lipinski definition) is 5. The smallest absolute Gasteiger partial charge is 0.335 e. The van der Waals surface area contributed by atoms with Gasteiger partial charge in [0.15, 0.2) is 0 Å². The number of nitrogens with one attached hydrogen (secondary N) is 1. The number of aliphatic hydroxyl groups excluding tert-OH is 1. The minimum atomic E-state index is -1.22. The highest BCUT2D eigenvalue weighted by Gasteiger charge is 2.20. The number of aliphatic hydroxyl groups is 1. The molecule has 1 unspecified atom stereocenters. The number of rotatable bonds is 8. The van der Waals surface area contributed by atoms with Crippen LogP contribution in [0.2, 0.25) is 0 Å². The summed E-state index contributed by atoms with van der Waals surface area (Å²) in [5.41, 5.74) is -0.255. The molecule has 0 aliphatic heterocycles. The lowest BCUT2D eigenvalue weighted by Gasteiger charge is -2.20. The van der Waals surface area contributed by atoms with E-state index < -0.39 is 17.0 Å². The molecular weight excluding hydrogens is 276 g/mol. The van der Waals surface area contributed by atoms with Crippen molar-refractivity contribution in [3.63, 3.8) is 0 Å². The van der Waals surface area contributed by atoms with Crippen LogP contribution in [0.3, 0.4) is 0 Å². The summed E-state index contributed by atoms with van der Waals surface area (Å²) in [6.07, 6.45) is 1.03. The van der Waals surface area contributed by atoms with Gasteiger partial charge in [0, 0.05) is 12.6 Å². The van der Waals surface area contributed by atoms with E-state index >= 15 is 0 Å². The Morgan fingerprint density at radius 1 is 1.38 bits per heavy atom. The van der Waals surface area contributed by atoms with Gasteiger partial charge in [-0.1, -0.05) is 26.7 Å². The number of nitro groups is 1. The SMILES string of the molecule is CCC(CC)C(O)CNc1ccc(C(=O)O)cc1[N+](=O)[O-]. The molecule has 3 N–H and O–H groups in total. The Bertz CT molecular complexity index is 514. The summed E-state index contributed by atoms with van der Waals surface area (Å²) in [6.45, 7) is 4.13. The first-order chi connectivity index (χ1) is 9.90. The summed E-state index contributed by atoms with van der Waals surface area (Å²) in [5.74, 6) is -1.10. The van der Waals surface area contributed by atoms with Crippen LogP contribution in [0, 0.1) is 16.0 Å². The molecule has 0 aliphatic rings. The molecule has 7 heteroatoms. The Morgan fingerprint density at radius 3 is 2.48 bits per heavy atom. The zero-order chi connectivity index (χ0) is 16.0. The van der Waals surface area contributed by atoms with Crippen LogP contribution in [0.15, 0.2) is 18.2 Å². The number of anilines is 1. The molecule has 0 amide bonds. The summed E-state index contributed by atoms with van der Waals surface area (Å²) in [5, 5.41) is 32.7. The molecule has 0 fully saturated rings. The van der Waals surface area contributed by atoms with Gasteiger partial charge in [0.05, 0.1) is 16.6 Å². The van der Waals surface area contributed by atoms with Crippen LogP contribution >= 0.6 is 0 Å². The summed E-state index contributed by atoms with van der Waals surface area (Å²) >= 11 is 0. The van der Waals surface area contributed by atoms with Crippen LogP contribution in [-0.4, -0.2) is 33.8 Å². The van der Waals surface area contributed by atoms with Crippen molar-refractivity contribution in [2.24, 2.45) is 5.92 Å². The van der Waals surface area contributed by atoms with E-state index in [0.717, 1.165) is 18.9 Å². The first kappa shape index (κ1) is 16.9. The van der Waals surface area contributed by atoms with E-state index in [2.05, 4.69) is 5.32 Å². The molecule has 21 heavy (non-hydrogen) atoms. The van der Waals surface area contributed by atoms with Gasteiger partial charge in [-0.05, 0) is 18.1 Å². The summed E-state index contributed by atoms with van der Waals surface area (Å²) in [7, 11) is 0. The molecule has 0 spiro atoms. The van der Waals surface area contributed by atoms with E-state index in [1.165, 1.54) is 12.1 Å². The van der Waals surface area contributed by atoms with E-state index in [1.807, 2.05) is 13.8 Å². The van der Waals surface area contributed by atoms with Gasteiger partial charge in [-0.25, -0.2) is 4.79 Å². The highest BCUT2D eigenvalue weighted by molar-refractivity contribution is 5.89.